The molecule has 8 nitrogen and oxygen atoms in total. The number of benzene rings is 1. The fourth-order valence-corrected chi connectivity index (χ4v) is 2.17. The van der Waals surface area contributed by atoms with Crippen molar-refractivity contribution in [1.29, 1.82) is 0 Å². The molecule has 2 heterocycles. The zero-order valence-electron chi connectivity index (χ0n) is 13.5. The summed E-state index contributed by atoms with van der Waals surface area (Å²) in [5, 5.41) is 5.81. The molecule has 2 aromatic heterocycles. The Kier molecular flexibility index (Phi) is 4.42. The molecule has 1 aromatic carbocycles. The molecular weight excluding hydrogens is 318 g/mol. The number of nitrogens with zero attached hydrogens (tertiary/aromatic N) is 3. The molecule has 0 radical (unpaired) electrons. The Labute approximate surface area is 144 Å². The summed E-state index contributed by atoms with van der Waals surface area (Å²) in [7, 11) is 0. The van der Waals surface area contributed by atoms with Gasteiger partial charge in [0.25, 0.3) is 5.91 Å². The highest BCUT2D eigenvalue weighted by atomic mass is 16.1. The number of aryl methyl sites for hydroxylation is 1. The number of carbonyl (C=O) groups is 1. The number of anilines is 5. The molecule has 25 heavy (non-hydrogen) atoms. The second-order valence-electron chi connectivity index (χ2n) is 5.39. The first kappa shape index (κ1) is 16.2. The van der Waals surface area contributed by atoms with Crippen LogP contribution in [0.15, 0.2) is 48.7 Å². The third-order valence-corrected chi connectivity index (χ3v) is 3.32. The van der Waals surface area contributed by atoms with Crippen LogP contribution in [-0.2, 0) is 0 Å². The smallest absolute Gasteiger partial charge is 0.255 e. The van der Waals surface area contributed by atoms with Crippen molar-refractivity contribution < 1.29 is 4.79 Å². The number of rotatable bonds is 4. The van der Waals surface area contributed by atoms with Gasteiger partial charge in [-0.2, -0.15) is 4.98 Å². The molecule has 0 saturated heterocycles. The van der Waals surface area contributed by atoms with Gasteiger partial charge in [-0.15, -0.1) is 0 Å². The second-order valence-corrected chi connectivity index (χ2v) is 5.39. The lowest BCUT2D eigenvalue weighted by Crippen LogP contribution is -2.12. The fraction of sp³-hybridized carbons (Fsp3) is 0.0588. The summed E-state index contributed by atoms with van der Waals surface area (Å²) in [4.78, 5) is 24.5. The van der Waals surface area contributed by atoms with E-state index >= 15 is 0 Å². The highest BCUT2D eigenvalue weighted by Crippen LogP contribution is 2.16. The summed E-state index contributed by atoms with van der Waals surface area (Å²) in [5.41, 5.74) is 13.7. The highest BCUT2D eigenvalue weighted by molar-refractivity contribution is 6.04. The molecule has 8 heteroatoms. The minimum atomic E-state index is -0.235. The van der Waals surface area contributed by atoms with Gasteiger partial charge in [-0.1, -0.05) is 0 Å². The first-order valence-electron chi connectivity index (χ1n) is 7.51. The number of hydrogen-bond acceptors (Lipinski definition) is 7. The largest absolute Gasteiger partial charge is 0.399 e. The molecule has 0 aliphatic heterocycles. The SMILES string of the molecule is Cc1cc(Nc2ccc(NC(=O)c3ccc(N)cc3)cn2)nc(N)n1. The standard InChI is InChI=1S/C17H17N7O/c1-10-8-15(24-17(19)21-10)23-14-7-6-13(9-20-14)22-16(25)11-2-4-12(18)5-3-11/h2-9H,18H2,1H3,(H,22,25)(H3,19,20,21,23,24). The molecule has 3 aromatic rings. The maximum absolute atomic E-state index is 12.2. The molecule has 0 saturated carbocycles. The van der Waals surface area contributed by atoms with Crippen molar-refractivity contribution >= 4 is 34.9 Å². The van der Waals surface area contributed by atoms with Gasteiger partial charge in [0.2, 0.25) is 5.95 Å². The Balaban J connectivity index is 1.67. The molecule has 0 aliphatic carbocycles. The summed E-state index contributed by atoms with van der Waals surface area (Å²) in [6, 6.07) is 11.9. The normalized spacial score (nSPS) is 10.3. The molecule has 1 amide bonds. The number of aromatic nitrogens is 3. The van der Waals surface area contributed by atoms with Gasteiger partial charge < -0.3 is 22.1 Å². The van der Waals surface area contributed by atoms with Crippen molar-refractivity contribution in [3.8, 4) is 0 Å². The van der Waals surface area contributed by atoms with Crippen molar-refractivity contribution in [2.75, 3.05) is 22.1 Å². The summed E-state index contributed by atoms with van der Waals surface area (Å²) in [5.74, 6) is 1.08. The van der Waals surface area contributed by atoms with Gasteiger partial charge in [-0.05, 0) is 43.3 Å². The summed E-state index contributed by atoms with van der Waals surface area (Å²) in [6.45, 7) is 1.83. The molecule has 3 rings (SSSR count). The molecule has 6 N–H and O–H groups in total. The van der Waals surface area contributed by atoms with Crippen LogP contribution in [-0.4, -0.2) is 20.9 Å². The number of amides is 1. The Morgan fingerprint density at radius 2 is 1.76 bits per heavy atom. The molecule has 0 aliphatic rings. The van der Waals surface area contributed by atoms with Crippen molar-refractivity contribution in [2.24, 2.45) is 0 Å². The molecular formula is C17H17N7O. The molecule has 126 valence electrons. The fourth-order valence-electron chi connectivity index (χ4n) is 2.17. The van der Waals surface area contributed by atoms with Crippen LogP contribution in [0.3, 0.4) is 0 Å². The van der Waals surface area contributed by atoms with E-state index in [1.54, 1.807) is 48.7 Å². The molecule has 0 bridgehead atoms. The number of nitrogen functional groups attached to an aromatic ring is 2. The van der Waals surface area contributed by atoms with Crippen molar-refractivity contribution in [3.63, 3.8) is 0 Å². The van der Waals surface area contributed by atoms with Crippen LogP contribution in [0.25, 0.3) is 0 Å². The molecule has 0 spiro atoms. The first-order chi connectivity index (χ1) is 12.0. The minimum Gasteiger partial charge on any atom is -0.399 e. The van der Waals surface area contributed by atoms with E-state index in [1.165, 1.54) is 0 Å². The van der Waals surface area contributed by atoms with E-state index in [0.717, 1.165) is 5.69 Å². The lowest BCUT2D eigenvalue weighted by molar-refractivity contribution is 0.102. The van der Waals surface area contributed by atoms with Gasteiger partial charge in [0, 0.05) is 23.0 Å². The molecule has 0 fully saturated rings. The van der Waals surface area contributed by atoms with Crippen LogP contribution in [0.5, 0.6) is 0 Å². The second kappa shape index (κ2) is 6.83. The highest BCUT2D eigenvalue weighted by Gasteiger charge is 2.06. The topological polar surface area (TPSA) is 132 Å². The molecule has 0 unspecified atom stereocenters. The number of nitrogens with one attached hydrogen (secondary N) is 2. The quantitative estimate of drug-likeness (QED) is 0.538. The van der Waals surface area contributed by atoms with Gasteiger partial charge in [-0.25, -0.2) is 9.97 Å². The van der Waals surface area contributed by atoms with Crippen LogP contribution in [0.2, 0.25) is 0 Å². The van der Waals surface area contributed by atoms with Crippen molar-refractivity contribution in [2.45, 2.75) is 6.92 Å². The van der Waals surface area contributed by atoms with E-state index in [9.17, 15) is 4.79 Å². The third-order valence-electron chi connectivity index (χ3n) is 3.32. The minimum absolute atomic E-state index is 0.190. The Bertz CT molecular complexity index is 872. The lowest BCUT2D eigenvalue weighted by atomic mass is 10.2. The van der Waals surface area contributed by atoms with Gasteiger partial charge in [0.05, 0.1) is 11.9 Å². The van der Waals surface area contributed by atoms with Gasteiger partial charge in [0.1, 0.15) is 11.6 Å². The number of pyridine rings is 1. The van der Waals surface area contributed by atoms with E-state index in [-0.39, 0.29) is 11.9 Å². The van der Waals surface area contributed by atoms with Gasteiger partial charge >= 0.3 is 0 Å². The molecule has 0 atom stereocenters. The van der Waals surface area contributed by atoms with E-state index in [4.69, 9.17) is 11.5 Å². The summed E-state index contributed by atoms with van der Waals surface area (Å²) in [6.07, 6.45) is 1.55. The summed E-state index contributed by atoms with van der Waals surface area (Å²) >= 11 is 0. The maximum Gasteiger partial charge on any atom is 0.255 e. The number of nitrogens with two attached hydrogens (primary N) is 2. The third kappa shape index (κ3) is 4.20. The Morgan fingerprint density at radius 3 is 2.40 bits per heavy atom. The monoisotopic (exact) mass is 335 g/mol. The van der Waals surface area contributed by atoms with E-state index < -0.39 is 0 Å². The van der Waals surface area contributed by atoms with Crippen LogP contribution in [0.4, 0.5) is 29.0 Å². The zero-order chi connectivity index (χ0) is 17.8. The maximum atomic E-state index is 12.2. The predicted octanol–water partition coefficient (Wildman–Crippen LogP) is 2.34. The van der Waals surface area contributed by atoms with E-state index in [1.807, 2.05) is 6.92 Å². The zero-order valence-corrected chi connectivity index (χ0v) is 13.5. The van der Waals surface area contributed by atoms with E-state index in [0.29, 0.717) is 28.6 Å². The first-order valence-corrected chi connectivity index (χ1v) is 7.51. The van der Waals surface area contributed by atoms with Crippen molar-refractivity contribution in [3.05, 3.63) is 59.9 Å². The van der Waals surface area contributed by atoms with Crippen molar-refractivity contribution in [1.82, 2.24) is 15.0 Å². The van der Waals surface area contributed by atoms with Gasteiger partial charge in [-0.3, -0.25) is 4.79 Å². The lowest BCUT2D eigenvalue weighted by Gasteiger charge is -2.08. The van der Waals surface area contributed by atoms with Crippen LogP contribution < -0.4 is 22.1 Å². The van der Waals surface area contributed by atoms with Gasteiger partial charge in [0.15, 0.2) is 0 Å². The van der Waals surface area contributed by atoms with Crippen LogP contribution >= 0.6 is 0 Å². The van der Waals surface area contributed by atoms with Crippen LogP contribution in [0, 0.1) is 6.92 Å². The Morgan fingerprint density at radius 1 is 1.00 bits per heavy atom. The summed E-state index contributed by atoms with van der Waals surface area (Å²) < 4.78 is 0. The average molecular weight is 335 g/mol. The van der Waals surface area contributed by atoms with Crippen LogP contribution in [0.1, 0.15) is 16.1 Å². The average Bonchev–Trinajstić information content (AvgIpc) is 2.56. The number of hydrogen-bond donors (Lipinski definition) is 4. The Hall–Kier alpha value is -3.68. The predicted molar refractivity (Wildman–Crippen MR) is 97.5 cm³/mol. The van der Waals surface area contributed by atoms with E-state index in [2.05, 4.69) is 25.6 Å². The number of carbonyl (C=O) groups excluding carboxylic acids is 1.